The molecular formula is C11H13NO. The number of carbonyl (C=O) groups excluding carboxylic acids is 1. The van der Waals surface area contributed by atoms with Crippen LogP contribution in [0.2, 0.25) is 0 Å². The van der Waals surface area contributed by atoms with Crippen LogP contribution in [0.1, 0.15) is 30.6 Å². The molecule has 0 radical (unpaired) electrons. The van der Waals surface area contributed by atoms with Crippen LogP contribution in [0.5, 0.6) is 0 Å². The molecule has 2 unspecified atom stereocenters. The molecule has 2 nitrogen and oxygen atoms in total. The van der Waals surface area contributed by atoms with Crippen LogP contribution >= 0.6 is 0 Å². The normalized spacial score (nSPS) is 31.4. The molecule has 1 aliphatic rings. The highest BCUT2D eigenvalue weighted by Crippen LogP contribution is 2.53. The van der Waals surface area contributed by atoms with E-state index in [1.165, 1.54) is 0 Å². The SMILES string of the molecule is CC1CC1(C)C(=O)c1ccncc1. The summed E-state index contributed by atoms with van der Waals surface area (Å²) in [5.41, 5.74) is 0.698. The molecule has 1 fully saturated rings. The molecule has 1 saturated carbocycles. The van der Waals surface area contributed by atoms with Crippen LogP contribution in [0.25, 0.3) is 0 Å². The summed E-state index contributed by atoms with van der Waals surface area (Å²) in [6.07, 6.45) is 4.36. The van der Waals surface area contributed by atoms with Crippen molar-refractivity contribution in [2.75, 3.05) is 0 Å². The highest BCUT2D eigenvalue weighted by atomic mass is 16.1. The van der Waals surface area contributed by atoms with Crippen molar-refractivity contribution in [1.29, 1.82) is 0 Å². The molecule has 0 spiro atoms. The van der Waals surface area contributed by atoms with Crippen molar-refractivity contribution in [3.63, 3.8) is 0 Å². The van der Waals surface area contributed by atoms with Gasteiger partial charge >= 0.3 is 0 Å². The first-order chi connectivity index (χ1) is 6.14. The third-order valence-electron chi connectivity index (χ3n) is 3.12. The quantitative estimate of drug-likeness (QED) is 0.645. The maximum absolute atomic E-state index is 11.9. The van der Waals surface area contributed by atoms with Crippen LogP contribution in [-0.2, 0) is 0 Å². The van der Waals surface area contributed by atoms with Crippen molar-refractivity contribution < 1.29 is 4.79 Å². The van der Waals surface area contributed by atoms with E-state index in [0.29, 0.717) is 5.92 Å². The van der Waals surface area contributed by atoms with Gasteiger partial charge in [0.2, 0.25) is 0 Å². The molecular weight excluding hydrogens is 162 g/mol. The first-order valence-electron chi connectivity index (χ1n) is 4.59. The van der Waals surface area contributed by atoms with Crippen molar-refractivity contribution in [1.82, 2.24) is 4.98 Å². The lowest BCUT2D eigenvalue weighted by molar-refractivity contribution is 0.0902. The average molecular weight is 175 g/mol. The van der Waals surface area contributed by atoms with Gasteiger partial charge in [0.25, 0.3) is 0 Å². The Bertz CT molecular complexity index is 333. The number of pyridine rings is 1. The molecule has 68 valence electrons. The van der Waals surface area contributed by atoms with E-state index in [1.807, 2.05) is 6.92 Å². The summed E-state index contributed by atoms with van der Waals surface area (Å²) in [4.78, 5) is 15.8. The summed E-state index contributed by atoms with van der Waals surface area (Å²) in [5.74, 6) is 0.801. The number of aromatic nitrogens is 1. The standard InChI is InChI=1S/C11H13NO/c1-8-7-11(8,2)10(13)9-3-5-12-6-4-9/h3-6,8H,7H2,1-2H3. The molecule has 1 aliphatic carbocycles. The Balaban J connectivity index is 2.25. The number of hydrogen-bond donors (Lipinski definition) is 0. The molecule has 1 heterocycles. The van der Waals surface area contributed by atoms with Crippen LogP contribution in [0.4, 0.5) is 0 Å². The lowest BCUT2D eigenvalue weighted by atomic mass is 9.95. The molecule has 0 amide bonds. The summed E-state index contributed by atoms with van der Waals surface area (Å²) in [6.45, 7) is 4.17. The number of carbonyl (C=O) groups is 1. The van der Waals surface area contributed by atoms with Gasteiger partial charge < -0.3 is 0 Å². The number of ketones is 1. The van der Waals surface area contributed by atoms with E-state index >= 15 is 0 Å². The van der Waals surface area contributed by atoms with Gasteiger partial charge in [0.05, 0.1) is 0 Å². The Morgan fingerprint density at radius 2 is 2.08 bits per heavy atom. The Morgan fingerprint density at radius 3 is 2.54 bits per heavy atom. The number of hydrogen-bond acceptors (Lipinski definition) is 2. The lowest BCUT2D eigenvalue weighted by Gasteiger charge is -2.07. The second-order valence-corrected chi connectivity index (χ2v) is 4.09. The molecule has 1 aromatic heterocycles. The zero-order valence-electron chi connectivity index (χ0n) is 7.95. The van der Waals surface area contributed by atoms with E-state index in [1.54, 1.807) is 24.5 Å². The fourth-order valence-electron chi connectivity index (χ4n) is 1.73. The van der Waals surface area contributed by atoms with Crippen LogP contribution in [0.15, 0.2) is 24.5 Å². The maximum Gasteiger partial charge on any atom is 0.169 e. The largest absolute Gasteiger partial charge is 0.294 e. The summed E-state index contributed by atoms with van der Waals surface area (Å²) in [7, 11) is 0. The van der Waals surface area contributed by atoms with Crippen LogP contribution in [0.3, 0.4) is 0 Å². The Labute approximate surface area is 78.0 Å². The third-order valence-corrected chi connectivity index (χ3v) is 3.12. The topological polar surface area (TPSA) is 30.0 Å². The molecule has 0 N–H and O–H groups in total. The smallest absolute Gasteiger partial charge is 0.169 e. The second kappa shape index (κ2) is 2.66. The molecule has 0 aromatic carbocycles. The summed E-state index contributed by atoms with van der Waals surface area (Å²) in [6, 6.07) is 3.58. The monoisotopic (exact) mass is 175 g/mol. The molecule has 2 atom stereocenters. The summed E-state index contributed by atoms with van der Waals surface area (Å²) in [5, 5.41) is 0. The van der Waals surface area contributed by atoms with Gasteiger partial charge in [-0.2, -0.15) is 0 Å². The van der Waals surface area contributed by atoms with Gasteiger partial charge in [-0.25, -0.2) is 0 Å². The first-order valence-corrected chi connectivity index (χ1v) is 4.59. The fourth-order valence-corrected chi connectivity index (χ4v) is 1.73. The van der Waals surface area contributed by atoms with Crippen molar-refractivity contribution in [2.24, 2.45) is 11.3 Å². The van der Waals surface area contributed by atoms with Gasteiger partial charge in [-0.3, -0.25) is 9.78 Å². The van der Waals surface area contributed by atoms with Crippen LogP contribution < -0.4 is 0 Å². The van der Waals surface area contributed by atoms with E-state index < -0.39 is 0 Å². The van der Waals surface area contributed by atoms with E-state index in [0.717, 1.165) is 12.0 Å². The lowest BCUT2D eigenvalue weighted by Crippen LogP contribution is -2.13. The zero-order valence-corrected chi connectivity index (χ0v) is 7.95. The Kier molecular flexibility index (Phi) is 1.72. The minimum absolute atomic E-state index is 0.0959. The molecule has 13 heavy (non-hydrogen) atoms. The van der Waals surface area contributed by atoms with Crippen molar-refractivity contribution in [2.45, 2.75) is 20.3 Å². The van der Waals surface area contributed by atoms with E-state index in [4.69, 9.17) is 0 Å². The minimum atomic E-state index is -0.0959. The van der Waals surface area contributed by atoms with Crippen molar-refractivity contribution in [3.05, 3.63) is 30.1 Å². The number of nitrogens with zero attached hydrogens (tertiary/aromatic N) is 1. The predicted octanol–water partition coefficient (Wildman–Crippen LogP) is 2.31. The molecule has 0 bridgehead atoms. The zero-order chi connectivity index (χ0) is 9.47. The summed E-state index contributed by atoms with van der Waals surface area (Å²) >= 11 is 0. The molecule has 1 aromatic rings. The van der Waals surface area contributed by atoms with Crippen LogP contribution in [0, 0.1) is 11.3 Å². The first kappa shape index (κ1) is 8.42. The van der Waals surface area contributed by atoms with E-state index in [-0.39, 0.29) is 11.2 Å². The van der Waals surface area contributed by atoms with E-state index in [2.05, 4.69) is 11.9 Å². The Hall–Kier alpha value is -1.18. The van der Waals surface area contributed by atoms with Crippen molar-refractivity contribution in [3.8, 4) is 0 Å². The molecule has 2 heteroatoms. The molecule has 0 aliphatic heterocycles. The predicted molar refractivity (Wildman–Crippen MR) is 50.5 cm³/mol. The van der Waals surface area contributed by atoms with Gasteiger partial charge in [0, 0.05) is 23.4 Å². The number of rotatable bonds is 2. The maximum atomic E-state index is 11.9. The summed E-state index contributed by atoms with van der Waals surface area (Å²) < 4.78 is 0. The van der Waals surface area contributed by atoms with Crippen molar-refractivity contribution >= 4 is 5.78 Å². The van der Waals surface area contributed by atoms with Gasteiger partial charge in [0.1, 0.15) is 0 Å². The van der Waals surface area contributed by atoms with E-state index in [9.17, 15) is 4.79 Å². The third kappa shape index (κ3) is 1.26. The second-order valence-electron chi connectivity index (χ2n) is 4.09. The fraction of sp³-hybridized carbons (Fsp3) is 0.455. The average Bonchev–Trinajstić information content (AvgIpc) is 2.76. The minimum Gasteiger partial charge on any atom is -0.294 e. The molecule has 2 rings (SSSR count). The number of Topliss-reactive ketones (excluding diaryl/α,β-unsaturated/α-hetero) is 1. The van der Waals surface area contributed by atoms with Gasteiger partial charge in [-0.05, 0) is 24.5 Å². The van der Waals surface area contributed by atoms with Crippen LogP contribution in [-0.4, -0.2) is 10.8 Å². The van der Waals surface area contributed by atoms with Gasteiger partial charge in [0.15, 0.2) is 5.78 Å². The highest BCUT2D eigenvalue weighted by molar-refractivity contribution is 6.02. The highest BCUT2D eigenvalue weighted by Gasteiger charge is 2.52. The Morgan fingerprint density at radius 1 is 1.54 bits per heavy atom. The van der Waals surface area contributed by atoms with Gasteiger partial charge in [-0.15, -0.1) is 0 Å². The molecule has 0 saturated heterocycles. The van der Waals surface area contributed by atoms with Gasteiger partial charge in [-0.1, -0.05) is 13.8 Å².